The molecule has 0 radical (unpaired) electrons. The smallest absolute Gasteiger partial charge is 0.101 e. The largest absolute Gasteiger partial charge is 0.370 e. The minimum atomic E-state index is 0.239. The number of piperidine rings is 1. The second kappa shape index (κ2) is 4.73. The second-order valence-electron chi connectivity index (χ2n) is 4.12. The zero-order valence-corrected chi connectivity index (χ0v) is 9.74. The molecule has 4 heteroatoms. The predicted octanol–water partition coefficient (Wildman–Crippen LogP) is 2.14. The summed E-state index contributed by atoms with van der Waals surface area (Å²) in [7, 11) is 0. The molecule has 1 heterocycles. The molecular formula is C12H14ClN3. The summed E-state index contributed by atoms with van der Waals surface area (Å²) in [5, 5.41) is 9.31. The zero-order valence-electron chi connectivity index (χ0n) is 8.99. The van der Waals surface area contributed by atoms with Gasteiger partial charge in [0, 0.05) is 24.8 Å². The van der Waals surface area contributed by atoms with Crippen molar-refractivity contribution in [2.75, 3.05) is 18.0 Å². The minimum absolute atomic E-state index is 0.239. The molecule has 0 aromatic heterocycles. The molecule has 0 unspecified atom stereocenters. The molecule has 0 bridgehead atoms. The first-order chi connectivity index (χ1) is 7.70. The van der Waals surface area contributed by atoms with Crippen molar-refractivity contribution in [2.24, 2.45) is 5.73 Å². The van der Waals surface area contributed by atoms with Crippen LogP contribution in [0.2, 0.25) is 5.02 Å². The van der Waals surface area contributed by atoms with Crippen molar-refractivity contribution in [1.82, 2.24) is 0 Å². The van der Waals surface area contributed by atoms with E-state index >= 15 is 0 Å². The number of hydrogen-bond donors (Lipinski definition) is 1. The molecule has 1 atom stereocenters. The van der Waals surface area contributed by atoms with Crippen LogP contribution in [0.3, 0.4) is 0 Å². The molecule has 2 rings (SSSR count). The summed E-state index contributed by atoms with van der Waals surface area (Å²) in [4.78, 5) is 2.22. The van der Waals surface area contributed by atoms with Crippen molar-refractivity contribution in [3.05, 3.63) is 28.8 Å². The van der Waals surface area contributed by atoms with Gasteiger partial charge in [0.05, 0.1) is 10.6 Å². The van der Waals surface area contributed by atoms with Gasteiger partial charge in [-0.1, -0.05) is 11.6 Å². The van der Waals surface area contributed by atoms with Gasteiger partial charge in [-0.15, -0.1) is 0 Å². The lowest BCUT2D eigenvalue weighted by Gasteiger charge is -2.32. The van der Waals surface area contributed by atoms with E-state index in [2.05, 4.69) is 11.0 Å². The van der Waals surface area contributed by atoms with Crippen LogP contribution in [0.5, 0.6) is 0 Å². The summed E-state index contributed by atoms with van der Waals surface area (Å²) >= 11 is 6.00. The fourth-order valence-electron chi connectivity index (χ4n) is 2.04. The summed E-state index contributed by atoms with van der Waals surface area (Å²) in [6.45, 7) is 1.87. The Morgan fingerprint density at radius 2 is 2.31 bits per heavy atom. The first-order valence-electron chi connectivity index (χ1n) is 5.41. The maximum absolute atomic E-state index is 8.79. The first kappa shape index (κ1) is 11.3. The third kappa shape index (κ3) is 2.29. The molecule has 1 aromatic rings. The van der Waals surface area contributed by atoms with Crippen LogP contribution in [0.1, 0.15) is 18.4 Å². The number of rotatable bonds is 1. The van der Waals surface area contributed by atoms with Crippen molar-refractivity contribution < 1.29 is 0 Å². The Kier molecular flexibility index (Phi) is 3.33. The fourth-order valence-corrected chi connectivity index (χ4v) is 2.25. The van der Waals surface area contributed by atoms with Crippen LogP contribution < -0.4 is 10.6 Å². The summed E-state index contributed by atoms with van der Waals surface area (Å²) in [5.74, 6) is 0. The molecular weight excluding hydrogens is 222 g/mol. The van der Waals surface area contributed by atoms with Gasteiger partial charge in [0.2, 0.25) is 0 Å². The molecule has 0 aliphatic carbocycles. The van der Waals surface area contributed by atoms with Gasteiger partial charge >= 0.3 is 0 Å². The standard InChI is InChI=1S/C12H14ClN3/c13-12-6-11(4-3-9(12)7-14)16-5-1-2-10(15)8-16/h3-4,6,10H,1-2,5,8,15H2/t10-/m1/s1. The molecule has 3 nitrogen and oxygen atoms in total. The number of hydrogen-bond acceptors (Lipinski definition) is 3. The van der Waals surface area contributed by atoms with Crippen LogP contribution in [0.15, 0.2) is 18.2 Å². The number of nitrogens with two attached hydrogens (primary N) is 1. The highest BCUT2D eigenvalue weighted by molar-refractivity contribution is 6.32. The van der Waals surface area contributed by atoms with Gasteiger partial charge in [-0.3, -0.25) is 0 Å². The minimum Gasteiger partial charge on any atom is -0.370 e. The van der Waals surface area contributed by atoms with Gasteiger partial charge in [0.1, 0.15) is 6.07 Å². The third-order valence-electron chi connectivity index (χ3n) is 2.90. The molecule has 1 saturated heterocycles. The number of nitriles is 1. The van der Waals surface area contributed by atoms with E-state index in [4.69, 9.17) is 22.6 Å². The topological polar surface area (TPSA) is 53.0 Å². The summed E-state index contributed by atoms with van der Waals surface area (Å²) in [5.41, 5.74) is 7.50. The SMILES string of the molecule is N#Cc1ccc(N2CCC[C@@H](N)C2)cc1Cl. The van der Waals surface area contributed by atoms with Crippen molar-refractivity contribution >= 4 is 17.3 Å². The van der Waals surface area contributed by atoms with Crippen LogP contribution in [0.25, 0.3) is 0 Å². The van der Waals surface area contributed by atoms with E-state index in [9.17, 15) is 0 Å². The molecule has 16 heavy (non-hydrogen) atoms. The highest BCUT2D eigenvalue weighted by Gasteiger charge is 2.17. The van der Waals surface area contributed by atoms with Crippen LogP contribution in [-0.4, -0.2) is 19.1 Å². The zero-order chi connectivity index (χ0) is 11.5. The van der Waals surface area contributed by atoms with Crippen molar-refractivity contribution in [3.8, 4) is 6.07 Å². The number of nitrogens with zero attached hydrogens (tertiary/aromatic N) is 2. The number of anilines is 1. The van der Waals surface area contributed by atoms with Crippen molar-refractivity contribution in [2.45, 2.75) is 18.9 Å². The van der Waals surface area contributed by atoms with E-state index in [1.54, 1.807) is 6.07 Å². The Labute approximate surface area is 100 Å². The van der Waals surface area contributed by atoms with Crippen LogP contribution in [-0.2, 0) is 0 Å². The molecule has 1 fully saturated rings. The van der Waals surface area contributed by atoms with Gasteiger partial charge in [-0.05, 0) is 31.0 Å². The molecule has 1 aromatic carbocycles. The monoisotopic (exact) mass is 235 g/mol. The first-order valence-corrected chi connectivity index (χ1v) is 5.78. The summed E-state index contributed by atoms with van der Waals surface area (Å²) in [6.07, 6.45) is 2.19. The molecule has 0 saturated carbocycles. The lowest BCUT2D eigenvalue weighted by Crippen LogP contribution is -2.42. The van der Waals surface area contributed by atoms with Crippen molar-refractivity contribution in [3.63, 3.8) is 0 Å². The van der Waals surface area contributed by atoms with Crippen LogP contribution in [0, 0.1) is 11.3 Å². The quantitative estimate of drug-likeness (QED) is 0.812. The predicted molar refractivity (Wildman–Crippen MR) is 65.6 cm³/mol. The summed E-state index contributed by atoms with van der Waals surface area (Å²) < 4.78 is 0. The molecule has 2 N–H and O–H groups in total. The van der Waals surface area contributed by atoms with E-state index in [0.29, 0.717) is 10.6 Å². The lowest BCUT2D eigenvalue weighted by molar-refractivity contribution is 0.506. The van der Waals surface area contributed by atoms with Crippen molar-refractivity contribution in [1.29, 1.82) is 5.26 Å². The fraction of sp³-hybridized carbons (Fsp3) is 0.417. The third-order valence-corrected chi connectivity index (χ3v) is 3.21. The van der Waals surface area contributed by atoms with Gasteiger partial charge in [-0.2, -0.15) is 5.26 Å². The highest BCUT2D eigenvalue weighted by Crippen LogP contribution is 2.25. The highest BCUT2D eigenvalue weighted by atomic mass is 35.5. The maximum atomic E-state index is 8.79. The molecule has 0 amide bonds. The van der Waals surface area contributed by atoms with E-state index in [0.717, 1.165) is 31.6 Å². The molecule has 1 aliphatic rings. The average Bonchev–Trinajstić information content (AvgIpc) is 2.29. The number of halogens is 1. The normalized spacial score (nSPS) is 20.6. The van der Waals surface area contributed by atoms with E-state index in [1.807, 2.05) is 12.1 Å². The number of benzene rings is 1. The second-order valence-corrected chi connectivity index (χ2v) is 4.53. The average molecular weight is 236 g/mol. The van der Waals surface area contributed by atoms with E-state index in [1.165, 1.54) is 0 Å². The van der Waals surface area contributed by atoms with Gasteiger partial charge < -0.3 is 10.6 Å². The Morgan fingerprint density at radius 1 is 1.50 bits per heavy atom. The molecule has 0 spiro atoms. The Bertz CT molecular complexity index is 425. The van der Waals surface area contributed by atoms with Gasteiger partial charge in [0.15, 0.2) is 0 Å². The Hall–Kier alpha value is -1.24. The van der Waals surface area contributed by atoms with Gasteiger partial charge in [-0.25, -0.2) is 0 Å². The lowest BCUT2D eigenvalue weighted by atomic mass is 10.1. The van der Waals surface area contributed by atoms with E-state index < -0.39 is 0 Å². The Balaban J connectivity index is 2.21. The molecule has 1 aliphatic heterocycles. The van der Waals surface area contributed by atoms with Crippen LogP contribution in [0.4, 0.5) is 5.69 Å². The van der Waals surface area contributed by atoms with Crippen LogP contribution >= 0.6 is 11.6 Å². The summed E-state index contributed by atoms with van der Waals surface area (Å²) in [6, 6.07) is 7.84. The molecule has 84 valence electrons. The van der Waals surface area contributed by atoms with Gasteiger partial charge in [0.25, 0.3) is 0 Å². The Morgan fingerprint density at radius 3 is 2.94 bits per heavy atom. The van der Waals surface area contributed by atoms with E-state index in [-0.39, 0.29) is 6.04 Å². The maximum Gasteiger partial charge on any atom is 0.101 e.